The Morgan fingerprint density at radius 1 is 1.26 bits per heavy atom. The first kappa shape index (κ1) is 13.8. The minimum Gasteiger partial charge on any atom is -0.370 e. The number of hydrogen-bond donors (Lipinski definition) is 1. The first-order chi connectivity index (χ1) is 8.93. The third-order valence-electron chi connectivity index (χ3n) is 3.15. The SMILES string of the molecule is CCCNc1nc2c(F)cccc2cc1C(C)(C)C. The van der Waals surface area contributed by atoms with Gasteiger partial charge >= 0.3 is 0 Å². The maximum absolute atomic E-state index is 13.8. The standard InChI is InChI=1S/C16H21FN2/c1-5-9-18-15-12(16(2,3)4)10-11-7-6-8-13(17)14(11)19-15/h6-8,10H,5,9H2,1-4H3,(H,18,19). The highest BCUT2D eigenvalue weighted by molar-refractivity contribution is 5.82. The zero-order chi connectivity index (χ0) is 14.0. The van der Waals surface area contributed by atoms with E-state index in [1.54, 1.807) is 6.07 Å². The van der Waals surface area contributed by atoms with Crippen molar-refractivity contribution in [2.75, 3.05) is 11.9 Å². The molecule has 0 aliphatic heterocycles. The van der Waals surface area contributed by atoms with E-state index in [1.165, 1.54) is 6.07 Å². The van der Waals surface area contributed by atoms with Gasteiger partial charge in [-0.1, -0.05) is 39.8 Å². The Bertz CT molecular complexity index is 585. The molecule has 19 heavy (non-hydrogen) atoms. The predicted octanol–water partition coefficient (Wildman–Crippen LogP) is 4.49. The van der Waals surface area contributed by atoms with Crippen LogP contribution in [0.15, 0.2) is 24.3 Å². The van der Waals surface area contributed by atoms with E-state index in [1.807, 2.05) is 12.1 Å². The van der Waals surface area contributed by atoms with Gasteiger partial charge in [0.15, 0.2) is 0 Å². The fourth-order valence-corrected chi connectivity index (χ4v) is 2.11. The second-order valence-corrected chi connectivity index (χ2v) is 5.87. The number of benzene rings is 1. The first-order valence-electron chi connectivity index (χ1n) is 6.77. The van der Waals surface area contributed by atoms with Crippen molar-refractivity contribution in [2.45, 2.75) is 39.5 Å². The van der Waals surface area contributed by atoms with Crippen LogP contribution in [0.2, 0.25) is 0 Å². The summed E-state index contributed by atoms with van der Waals surface area (Å²) < 4.78 is 13.8. The first-order valence-corrected chi connectivity index (χ1v) is 6.77. The Hall–Kier alpha value is -1.64. The van der Waals surface area contributed by atoms with E-state index in [-0.39, 0.29) is 11.2 Å². The maximum Gasteiger partial charge on any atom is 0.149 e. The highest BCUT2D eigenvalue weighted by Gasteiger charge is 2.20. The summed E-state index contributed by atoms with van der Waals surface area (Å²) in [5.41, 5.74) is 1.54. The average Bonchev–Trinajstić information content (AvgIpc) is 2.35. The molecule has 0 aliphatic rings. The number of nitrogens with zero attached hydrogens (tertiary/aromatic N) is 1. The third kappa shape index (κ3) is 2.86. The molecule has 0 bridgehead atoms. The van der Waals surface area contributed by atoms with E-state index in [4.69, 9.17) is 0 Å². The molecule has 0 saturated carbocycles. The summed E-state index contributed by atoms with van der Waals surface area (Å²) in [6, 6.07) is 7.13. The lowest BCUT2D eigenvalue weighted by molar-refractivity contribution is 0.589. The normalized spacial score (nSPS) is 11.8. The summed E-state index contributed by atoms with van der Waals surface area (Å²) in [7, 11) is 0. The van der Waals surface area contributed by atoms with Gasteiger partial charge in [0.2, 0.25) is 0 Å². The van der Waals surface area contributed by atoms with Gasteiger partial charge in [0.25, 0.3) is 0 Å². The lowest BCUT2D eigenvalue weighted by atomic mass is 9.86. The molecule has 1 aromatic carbocycles. The molecule has 0 unspecified atom stereocenters. The van der Waals surface area contributed by atoms with Crippen molar-refractivity contribution in [1.82, 2.24) is 4.98 Å². The van der Waals surface area contributed by atoms with Crippen molar-refractivity contribution in [1.29, 1.82) is 0 Å². The van der Waals surface area contributed by atoms with Gasteiger partial charge in [-0.3, -0.25) is 0 Å². The zero-order valence-corrected chi connectivity index (χ0v) is 12.0. The number of fused-ring (bicyclic) bond motifs is 1. The van der Waals surface area contributed by atoms with Gasteiger partial charge in [-0.2, -0.15) is 0 Å². The number of aromatic nitrogens is 1. The number of pyridine rings is 1. The van der Waals surface area contributed by atoms with Gasteiger partial charge in [0.1, 0.15) is 17.2 Å². The molecular weight excluding hydrogens is 239 g/mol. The highest BCUT2D eigenvalue weighted by Crippen LogP contribution is 2.31. The number of halogens is 1. The van der Waals surface area contributed by atoms with Crippen molar-refractivity contribution in [3.05, 3.63) is 35.6 Å². The molecule has 0 spiro atoms. The van der Waals surface area contributed by atoms with Gasteiger partial charge in [-0.05, 0) is 24.0 Å². The lowest BCUT2D eigenvalue weighted by Gasteiger charge is -2.23. The molecular formula is C16H21FN2. The lowest BCUT2D eigenvalue weighted by Crippen LogP contribution is -2.16. The molecule has 2 nitrogen and oxygen atoms in total. The molecule has 0 fully saturated rings. The summed E-state index contributed by atoms with van der Waals surface area (Å²) in [5, 5.41) is 4.16. The van der Waals surface area contributed by atoms with Crippen LogP contribution in [-0.2, 0) is 5.41 Å². The fourth-order valence-electron chi connectivity index (χ4n) is 2.11. The predicted molar refractivity (Wildman–Crippen MR) is 79.2 cm³/mol. The highest BCUT2D eigenvalue weighted by atomic mass is 19.1. The van der Waals surface area contributed by atoms with Crippen LogP contribution in [0.5, 0.6) is 0 Å². The number of hydrogen-bond acceptors (Lipinski definition) is 2. The second-order valence-electron chi connectivity index (χ2n) is 5.87. The minimum absolute atomic E-state index is 0.0242. The van der Waals surface area contributed by atoms with Crippen LogP contribution in [0.4, 0.5) is 10.2 Å². The van der Waals surface area contributed by atoms with E-state index in [0.29, 0.717) is 5.52 Å². The smallest absolute Gasteiger partial charge is 0.149 e. The minimum atomic E-state index is -0.266. The van der Waals surface area contributed by atoms with E-state index >= 15 is 0 Å². The van der Waals surface area contributed by atoms with Crippen LogP contribution in [0.25, 0.3) is 10.9 Å². The van der Waals surface area contributed by atoms with Gasteiger partial charge in [-0.15, -0.1) is 0 Å². The van der Waals surface area contributed by atoms with Gasteiger partial charge in [0, 0.05) is 17.5 Å². The van der Waals surface area contributed by atoms with Crippen LogP contribution >= 0.6 is 0 Å². The Morgan fingerprint density at radius 3 is 2.63 bits per heavy atom. The van der Waals surface area contributed by atoms with Crippen molar-refractivity contribution in [2.24, 2.45) is 0 Å². The quantitative estimate of drug-likeness (QED) is 0.879. The molecule has 0 amide bonds. The molecule has 0 aliphatic carbocycles. The maximum atomic E-state index is 13.8. The van der Waals surface area contributed by atoms with Gasteiger partial charge < -0.3 is 5.32 Å². The molecule has 3 heteroatoms. The third-order valence-corrected chi connectivity index (χ3v) is 3.15. The average molecular weight is 260 g/mol. The van der Waals surface area contributed by atoms with Crippen molar-refractivity contribution in [3.8, 4) is 0 Å². The molecule has 0 saturated heterocycles. The summed E-state index contributed by atoms with van der Waals surface area (Å²) in [5.74, 6) is 0.532. The monoisotopic (exact) mass is 260 g/mol. The van der Waals surface area contributed by atoms with Gasteiger partial charge in [-0.25, -0.2) is 9.37 Å². The van der Waals surface area contributed by atoms with Crippen molar-refractivity contribution >= 4 is 16.7 Å². The summed E-state index contributed by atoms with van der Waals surface area (Å²) in [6.07, 6.45) is 1.01. The number of nitrogens with one attached hydrogen (secondary N) is 1. The molecule has 102 valence electrons. The molecule has 1 aromatic heterocycles. The second kappa shape index (κ2) is 5.16. The fraction of sp³-hybridized carbons (Fsp3) is 0.438. The van der Waals surface area contributed by atoms with E-state index in [2.05, 4.69) is 38.0 Å². The van der Waals surface area contributed by atoms with Crippen LogP contribution in [0, 0.1) is 5.82 Å². The Kier molecular flexibility index (Phi) is 3.74. The molecule has 2 aromatic rings. The summed E-state index contributed by atoms with van der Waals surface area (Å²) in [6.45, 7) is 9.38. The molecule has 0 radical (unpaired) electrons. The Balaban J connectivity index is 2.63. The summed E-state index contributed by atoms with van der Waals surface area (Å²) in [4.78, 5) is 4.49. The number of rotatable bonds is 3. The summed E-state index contributed by atoms with van der Waals surface area (Å²) >= 11 is 0. The number of para-hydroxylation sites is 1. The molecule has 0 atom stereocenters. The van der Waals surface area contributed by atoms with Crippen LogP contribution in [-0.4, -0.2) is 11.5 Å². The zero-order valence-electron chi connectivity index (χ0n) is 12.0. The Labute approximate surface area is 114 Å². The van der Waals surface area contributed by atoms with E-state index in [9.17, 15) is 4.39 Å². The van der Waals surface area contributed by atoms with E-state index < -0.39 is 0 Å². The molecule has 2 rings (SSSR count). The van der Waals surface area contributed by atoms with Crippen molar-refractivity contribution in [3.63, 3.8) is 0 Å². The van der Waals surface area contributed by atoms with Crippen molar-refractivity contribution < 1.29 is 4.39 Å². The topological polar surface area (TPSA) is 24.9 Å². The Morgan fingerprint density at radius 2 is 2.00 bits per heavy atom. The van der Waals surface area contributed by atoms with Crippen LogP contribution in [0.1, 0.15) is 39.7 Å². The van der Waals surface area contributed by atoms with Crippen LogP contribution < -0.4 is 5.32 Å². The van der Waals surface area contributed by atoms with E-state index in [0.717, 1.165) is 29.7 Å². The van der Waals surface area contributed by atoms with Crippen LogP contribution in [0.3, 0.4) is 0 Å². The molecule has 1 N–H and O–H groups in total. The molecule has 1 heterocycles. The largest absolute Gasteiger partial charge is 0.370 e. The van der Waals surface area contributed by atoms with Gasteiger partial charge in [0.05, 0.1) is 0 Å². The number of anilines is 1.